The summed E-state index contributed by atoms with van der Waals surface area (Å²) < 4.78 is 59.3. The van der Waals surface area contributed by atoms with Crippen LogP contribution in [0.5, 0.6) is 17.2 Å². The molecular formula is C35H31F3N2O4. The van der Waals surface area contributed by atoms with Crippen LogP contribution in [0.3, 0.4) is 0 Å². The van der Waals surface area contributed by atoms with E-state index in [-0.39, 0.29) is 25.0 Å². The zero-order valence-corrected chi connectivity index (χ0v) is 24.0. The highest BCUT2D eigenvalue weighted by Crippen LogP contribution is 2.37. The maximum Gasteiger partial charge on any atom is 0.416 e. The molecule has 0 aliphatic carbocycles. The van der Waals surface area contributed by atoms with Crippen molar-refractivity contribution in [2.24, 2.45) is 0 Å². The second-order valence-corrected chi connectivity index (χ2v) is 10.8. The molecule has 2 heterocycles. The molecule has 0 radical (unpaired) electrons. The van der Waals surface area contributed by atoms with Gasteiger partial charge >= 0.3 is 6.18 Å². The van der Waals surface area contributed by atoms with Gasteiger partial charge in [0.2, 0.25) is 5.91 Å². The maximum atomic E-state index is 13.4. The Labute approximate surface area is 253 Å². The SMILES string of the molecule is COc1ccc(Cn2cc(C(CC(=O)NCC3COc4ccccc4O3)c3ccc(C(F)(F)F)cc3)c3ccccc32)cc1. The van der Waals surface area contributed by atoms with E-state index < -0.39 is 17.7 Å². The van der Waals surface area contributed by atoms with Crippen molar-refractivity contribution in [2.45, 2.75) is 31.2 Å². The highest BCUT2D eigenvalue weighted by molar-refractivity contribution is 5.87. The number of methoxy groups -OCH3 is 1. The van der Waals surface area contributed by atoms with Gasteiger partial charge in [0.15, 0.2) is 11.5 Å². The number of ether oxygens (including phenoxy) is 3. The molecule has 44 heavy (non-hydrogen) atoms. The van der Waals surface area contributed by atoms with Crippen molar-refractivity contribution < 1.29 is 32.2 Å². The van der Waals surface area contributed by atoms with E-state index >= 15 is 0 Å². The first-order valence-electron chi connectivity index (χ1n) is 14.3. The van der Waals surface area contributed by atoms with E-state index in [1.807, 2.05) is 79.0 Å². The van der Waals surface area contributed by atoms with Gasteiger partial charge in [-0.1, -0.05) is 54.6 Å². The van der Waals surface area contributed by atoms with Gasteiger partial charge in [0, 0.05) is 36.0 Å². The second-order valence-electron chi connectivity index (χ2n) is 10.8. The number of carbonyl (C=O) groups excluding carboxylic acids is 1. The summed E-state index contributed by atoms with van der Waals surface area (Å²) in [5.74, 6) is 1.29. The van der Waals surface area contributed by atoms with E-state index in [1.165, 1.54) is 12.1 Å². The van der Waals surface area contributed by atoms with Gasteiger partial charge in [0.25, 0.3) is 0 Å². The molecule has 226 valence electrons. The average Bonchev–Trinajstić information content (AvgIpc) is 3.40. The van der Waals surface area contributed by atoms with Crippen molar-refractivity contribution in [1.82, 2.24) is 9.88 Å². The number of hydrogen-bond donors (Lipinski definition) is 1. The number of fused-ring (bicyclic) bond motifs is 2. The summed E-state index contributed by atoms with van der Waals surface area (Å²) >= 11 is 0. The number of rotatable bonds is 9. The molecule has 1 aliphatic heterocycles. The molecule has 1 amide bonds. The van der Waals surface area contributed by atoms with Gasteiger partial charge < -0.3 is 24.1 Å². The Morgan fingerprint density at radius 2 is 1.66 bits per heavy atom. The third-order valence-corrected chi connectivity index (χ3v) is 7.83. The Morgan fingerprint density at radius 3 is 2.39 bits per heavy atom. The molecule has 4 aromatic carbocycles. The van der Waals surface area contributed by atoms with Crippen molar-refractivity contribution in [2.75, 3.05) is 20.3 Å². The average molecular weight is 601 g/mol. The molecule has 2 atom stereocenters. The van der Waals surface area contributed by atoms with Gasteiger partial charge in [-0.25, -0.2) is 0 Å². The fraction of sp³-hybridized carbons (Fsp3) is 0.229. The number of hydrogen-bond acceptors (Lipinski definition) is 4. The van der Waals surface area contributed by atoms with Gasteiger partial charge in [-0.3, -0.25) is 4.79 Å². The summed E-state index contributed by atoms with van der Waals surface area (Å²) in [4.78, 5) is 13.4. The third kappa shape index (κ3) is 6.37. The van der Waals surface area contributed by atoms with Crippen LogP contribution in [0, 0.1) is 0 Å². The number of nitrogens with one attached hydrogen (secondary N) is 1. The number of benzene rings is 4. The van der Waals surface area contributed by atoms with Crippen LogP contribution < -0.4 is 19.5 Å². The lowest BCUT2D eigenvalue weighted by atomic mass is 9.87. The molecule has 0 saturated carbocycles. The second kappa shape index (κ2) is 12.4. The first kappa shape index (κ1) is 29.2. The molecule has 0 spiro atoms. The van der Waals surface area contributed by atoms with Crippen molar-refractivity contribution in [3.8, 4) is 17.2 Å². The van der Waals surface area contributed by atoms with Crippen molar-refractivity contribution in [1.29, 1.82) is 0 Å². The summed E-state index contributed by atoms with van der Waals surface area (Å²) in [5, 5.41) is 3.88. The molecule has 6 nitrogen and oxygen atoms in total. The molecular weight excluding hydrogens is 569 g/mol. The smallest absolute Gasteiger partial charge is 0.416 e. The summed E-state index contributed by atoms with van der Waals surface area (Å²) in [6.45, 7) is 1.08. The van der Waals surface area contributed by atoms with Crippen LogP contribution in [0.2, 0.25) is 0 Å². The van der Waals surface area contributed by atoms with Crippen LogP contribution in [0.15, 0.2) is 103 Å². The van der Waals surface area contributed by atoms with Gasteiger partial charge in [0.05, 0.1) is 19.2 Å². The minimum absolute atomic E-state index is 0.0338. The summed E-state index contributed by atoms with van der Waals surface area (Å²) in [6.07, 6.45) is -2.80. The molecule has 1 N–H and O–H groups in total. The molecule has 2 unspecified atom stereocenters. The van der Waals surface area contributed by atoms with Gasteiger partial charge in [-0.2, -0.15) is 13.2 Å². The molecule has 9 heteroatoms. The van der Waals surface area contributed by atoms with Crippen LogP contribution in [0.25, 0.3) is 10.9 Å². The van der Waals surface area contributed by atoms with Crippen LogP contribution in [0.1, 0.15) is 34.6 Å². The van der Waals surface area contributed by atoms with Crippen LogP contribution >= 0.6 is 0 Å². The minimum atomic E-state index is -4.46. The molecule has 1 aromatic heterocycles. The lowest BCUT2D eigenvalue weighted by Crippen LogP contribution is -2.41. The standard InChI is InChI=1S/C35H31F3N2O4/c1-42-26-16-10-23(11-17-26)20-40-21-30(28-6-2-3-7-31(28)40)29(24-12-14-25(15-13-24)35(36,37)38)18-34(41)39-19-27-22-43-32-8-4-5-9-33(32)44-27/h2-17,21,27,29H,18-20,22H2,1H3,(H,39,41). The van der Waals surface area contributed by atoms with E-state index in [0.717, 1.165) is 39.9 Å². The maximum absolute atomic E-state index is 13.4. The Balaban J connectivity index is 1.28. The van der Waals surface area contributed by atoms with E-state index in [2.05, 4.69) is 9.88 Å². The molecule has 0 fully saturated rings. The molecule has 6 rings (SSSR count). The summed E-state index contributed by atoms with van der Waals surface area (Å²) in [7, 11) is 1.62. The number of amides is 1. The van der Waals surface area contributed by atoms with E-state index in [9.17, 15) is 18.0 Å². The van der Waals surface area contributed by atoms with Gasteiger partial charge in [-0.05, 0) is 59.2 Å². The van der Waals surface area contributed by atoms with Gasteiger partial charge in [0.1, 0.15) is 18.5 Å². The van der Waals surface area contributed by atoms with Crippen LogP contribution in [-0.2, 0) is 17.5 Å². The highest BCUT2D eigenvalue weighted by Gasteiger charge is 2.31. The highest BCUT2D eigenvalue weighted by atomic mass is 19.4. The first-order valence-corrected chi connectivity index (χ1v) is 14.3. The lowest BCUT2D eigenvalue weighted by Gasteiger charge is -2.26. The Bertz CT molecular complexity index is 1750. The van der Waals surface area contributed by atoms with Crippen LogP contribution in [0.4, 0.5) is 13.2 Å². The Kier molecular flexibility index (Phi) is 8.19. The van der Waals surface area contributed by atoms with E-state index in [4.69, 9.17) is 14.2 Å². The number of alkyl halides is 3. The zero-order valence-electron chi connectivity index (χ0n) is 24.0. The predicted molar refractivity (Wildman–Crippen MR) is 161 cm³/mol. The Hall–Kier alpha value is -4.92. The first-order chi connectivity index (χ1) is 21.3. The lowest BCUT2D eigenvalue weighted by molar-refractivity contribution is -0.137. The topological polar surface area (TPSA) is 61.7 Å². The van der Waals surface area contributed by atoms with Gasteiger partial charge in [-0.15, -0.1) is 0 Å². The molecule has 5 aromatic rings. The molecule has 0 bridgehead atoms. The van der Waals surface area contributed by atoms with Crippen molar-refractivity contribution in [3.63, 3.8) is 0 Å². The van der Waals surface area contributed by atoms with E-state index in [1.54, 1.807) is 7.11 Å². The predicted octanol–water partition coefficient (Wildman–Crippen LogP) is 7.20. The summed E-state index contributed by atoms with van der Waals surface area (Å²) in [6, 6.07) is 28.0. The zero-order chi connectivity index (χ0) is 30.7. The van der Waals surface area contributed by atoms with Crippen LogP contribution in [-0.4, -0.2) is 36.8 Å². The largest absolute Gasteiger partial charge is 0.497 e. The minimum Gasteiger partial charge on any atom is -0.497 e. The van der Waals surface area contributed by atoms with Crippen molar-refractivity contribution in [3.05, 3.63) is 126 Å². The molecule has 0 saturated heterocycles. The number of halogens is 3. The number of para-hydroxylation sites is 3. The fourth-order valence-electron chi connectivity index (χ4n) is 5.57. The van der Waals surface area contributed by atoms with Crippen molar-refractivity contribution >= 4 is 16.8 Å². The molecule has 1 aliphatic rings. The number of aromatic nitrogens is 1. The number of nitrogens with zero attached hydrogens (tertiary/aromatic N) is 1. The monoisotopic (exact) mass is 600 g/mol. The normalized spacial score (nSPS) is 15.1. The third-order valence-electron chi connectivity index (χ3n) is 7.83. The fourth-order valence-corrected chi connectivity index (χ4v) is 5.57. The Morgan fingerprint density at radius 1 is 0.955 bits per heavy atom. The van der Waals surface area contributed by atoms with E-state index in [0.29, 0.717) is 30.2 Å². The summed E-state index contributed by atoms with van der Waals surface area (Å²) in [5.41, 5.74) is 2.75. The number of carbonyl (C=O) groups is 1. The quantitative estimate of drug-likeness (QED) is 0.195.